The molecule has 0 saturated carbocycles. The van der Waals surface area contributed by atoms with Crippen molar-refractivity contribution in [1.29, 1.82) is 0 Å². The molecular weight excluding hydrogens is 417 g/mol. The van der Waals surface area contributed by atoms with Gasteiger partial charge in [0.1, 0.15) is 11.9 Å². The third kappa shape index (κ3) is 5.64. The summed E-state index contributed by atoms with van der Waals surface area (Å²) in [6.45, 7) is 1.80. The summed E-state index contributed by atoms with van der Waals surface area (Å²) in [5, 5.41) is 18.0. The van der Waals surface area contributed by atoms with Crippen molar-refractivity contribution in [3.63, 3.8) is 0 Å². The minimum Gasteiger partial charge on any atom is -0.506 e. The largest absolute Gasteiger partial charge is 0.506 e. The summed E-state index contributed by atoms with van der Waals surface area (Å²) >= 11 is 23.1. The number of rotatable bonds is 4. The van der Waals surface area contributed by atoms with Gasteiger partial charge in [-0.1, -0.05) is 65.1 Å². The molecule has 9 heteroatoms. The molecule has 5 nitrogen and oxygen atoms in total. The molecule has 2 aromatic rings. The maximum atomic E-state index is 12.5. The first kappa shape index (κ1) is 20.6. The summed E-state index contributed by atoms with van der Waals surface area (Å²) in [4.78, 5) is 12.5. The predicted molar refractivity (Wildman–Crippen MR) is 110 cm³/mol. The molecule has 1 atom stereocenters. The number of nitrogens with one attached hydrogen (secondary N) is 3. The van der Waals surface area contributed by atoms with Crippen LogP contribution < -0.4 is 16.0 Å². The number of phenols is 1. The van der Waals surface area contributed by atoms with E-state index >= 15 is 0 Å². The molecule has 138 valence electrons. The van der Waals surface area contributed by atoms with Crippen LogP contribution >= 0.6 is 47.0 Å². The number of halogens is 3. The number of benzene rings is 2. The third-order valence-electron chi connectivity index (χ3n) is 3.42. The normalized spacial score (nSPS) is 12.2. The Morgan fingerprint density at radius 3 is 2.31 bits per heavy atom. The van der Waals surface area contributed by atoms with Crippen LogP contribution in [0.25, 0.3) is 0 Å². The second-order valence-corrected chi connectivity index (χ2v) is 8.16. The summed E-state index contributed by atoms with van der Waals surface area (Å²) in [7, 11) is 0. The van der Waals surface area contributed by atoms with Gasteiger partial charge in [-0.3, -0.25) is 4.79 Å². The van der Waals surface area contributed by atoms with E-state index in [0.29, 0.717) is 11.3 Å². The molecule has 0 radical (unpaired) electrons. The lowest BCUT2D eigenvalue weighted by Gasteiger charge is -2.28. The van der Waals surface area contributed by atoms with Crippen molar-refractivity contribution in [3.05, 3.63) is 59.7 Å². The number of amides is 1. The van der Waals surface area contributed by atoms with Crippen LogP contribution in [0.1, 0.15) is 15.9 Å². The number of aryl methyl sites for hydroxylation is 1. The molecule has 0 heterocycles. The van der Waals surface area contributed by atoms with Crippen LogP contribution in [0.5, 0.6) is 5.75 Å². The molecule has 0 saturated heterocycles. The number of thiocarbonyl (C=S) groups is 1. The third-order valence-corrected chi connectivity index (χ3v) is 4.29. The van der Waals surface area contributed by atoms with Crippen molar-refractivity contribution in [2.45, 2.75) is 16.9 Å². The highest BCUT2D eigenvalue weighted by molar-refractivity contribution is 7.80. The molecular formula is C17H16Cl3N3O2S. The van der Waals surface area contributed by atoms with E-state index in [2.05, 4.69) is 16.0 Å². The van der Waals surface area contributed by atoms with Crippen molar-refractivity contribution in [3.8, 4) is 5.75 Å². The standard InChI is InChI=1S/C17H16Cl3N3O2S/c1-10-6-2-3-7-11(10)14(25)22-15(17(18,19)20)23-16(26)21-12-8-4-5-9-13(12)24/h2-9,15,24H,1H3,(H,22,25)(H2,21,23,26)/t15-/m0/s1. The van der Waals surface area contributed by atoms with Crippen LogP contribution in [0.2, 0.25) is 0 Å². The predicted octanol–water partition coefficient (Wildman–Crippen LogP) is 4.11. The Balaban J connectivity index is 2.10. The number of carbonyl (C=O) groups excluding carboxylic acids is 1. The maximum absolute atomic E-state index is 12.5. The second kappa shape index (κ2) is 8.77. The van der Waals surface area contributed by atoms with Gasteiger partial charge in [-0.05, 0) is 42.9 Å². The van der Waals surface area contributed by atoms with Gasteiger partial charge in [0, 0.05) is 5.56 Å². The van der Waals surface area contributed by atoms with Gasteiger partial charge in [-0.25, -0.2) is 0 Å². The van der Waals surface area contributed by atoms with Crippen molar-refractivity contribution in [2.75, 3.05) is 5.32 Å². The molecule has 2 rings (SSSR count). The average Bonchev–Trinajstić information content (AvgIpc) is 2.56. The van der Waals surface area contributed by atoms with E-state index in [-0.39, 0.29) is 10.9 Å². The number of aromatic hydroxyl groups is 1. The van der Waals surface area contributed by atoms with Gasteiger partial charge in [0.05, 0.1) is 5.69 Å². The summed E-state index contributed by atoms with van der Waals surface area (Å²) in [5.41, 5.74) is 1.61. The molecule has 0 bridgehead atoms. The van der Waals surface area contributed by atoms with Crippen molar-refractivity contribution in [1.82, 2.24) is 10.6 Å². The van der Waals surface area contributed by atoms with Gasteiger partial charge < -0.3 is 21.1 Å². The zero-order valence-corrected chi connectivity index (χ0v) is 16.7. The van der Waals surface area contributed by atoms with Crippen LogP contribution in [-0.2, 0) is 0 Å². The topological polar surface area (TPSA) is 73.4 Å². The lowest BCUT2D eigenvalue weighted by molar-refractivity contribution is 0.0934. The van der Waals surface area contributed by atoms with Crippen LogP contribution in [0.3, 0.4) is 0 Å². The summed E-state index contributed by atoms with van der Waals surface area (Å²) in [5.74, 6) is -0.414. The number of hydrogen-bond acceptors (Lipinski definition) is 3. The van der Waals surface area contributed by atoms with E-state index in [1.807, 2.05) is 6.07 Å². The average molecular weight is 433 g/mol. The Kier molecular flexibility index (Phi) is 6.94. The molecule has 26 heavy (non-hydrogen) atoms. The van der Waals surface area contributed by atoms with Gasteiger partial charge >= 0.3 is 0 Å². The zero-order valence-electron chi connectivity index (χ0n) is 13.6. The van der Waals surface area contributed by atoms with Crippen molar-refractivity contribution in [2.24, 2.45) is 0 Å². The fourth-order valence-electron chi connectivity index (χ4n) is 2.11. The van der Waals surface area contributed by atoms with Gasteiger partial charge in [0.2, 0.25) is 3.79 Å². The summed E-state index contributed by atoms with van der Waals surface area (Å²) in [6, 6.07) is 13.5. The second-order valence-electron chi connectivity index (χ2n) is 5.38. The van der Waals surface area contributed by atoms with Gasteiger partial charge in [-0.15, -0.1) is 0 Å². The highest BCUT2D eigenvalue weighted by Crippen LogP contribution is 2.29. The van der Waals surface area contributed by atoms with E-state index in [1.54, 1.807) is 43.3 Å². The molecule has 0 fully saturated rings. The van der Waals surface area contributed by atoms with Crippen LogP contribution in [0, 0.1) is 6.92 Å². The minimum absolute atomic E-state index is 0.00558. The first-order chi connectivity index (χ1) is 12.2. The van der Waals surface area contributed by atoms with Crippen molar-refractivity contribution < 1.29 is 9.90 Å². The number of para-hydroxylation sites is 2. The van der Waals surface area contributed by atoms with E-state index in [0.717, 1.165) is 5.56 Å². The zero-order chi connectivity index (χ0) is 19.3. The maximum Gasteiger partial charge on any atom is 0.253 e. The summed E-state index contributed by atoms with van der Waals surface area (Å²) < 4.78 is -1.87. The SMILES string of the molecule is Cc1ccccc1C(=O)N[C@@H](NC(=S)Nc1ccccc1O)C(Cl)(Cl)Cl. The van der Waals surface area contributed by atoms with Gasteiger partial charge in [0.25, 0.3) is 5.91 Å². The van der Waals surface area contributed by atoms with Crippen molar-refractivity contribution >= 4 is 63.7 Å². The van der Waals surface area contributed by atoms with Gasteiger partial charge in [0.15, 0.2) is 5.11 Å². The Labute approximate surface area is 171 Å². The molecule has 0 unspecified atom stereocenters. The Morgan fingerprint density at radius 1 is 1.08 bits per heavy atom. The number of hydrogen-bond donors (Lipinski definition) is 4. The molecule has 2 aromatic carbocycles. The molecule has 1 amide bonds. The monoisotopic (exact) mass is 431 g/mol. The van der Waals surface area contributed by atoms with E-state index < -0.39 is 15.9 Å². The molecule has 0 aromatic heterocycles. The van der Waals surface area contributed by atoms with Gasteiger partial charge in [-0.2, -0.15) is 0 Å². The minimum atomic E-state index is -1.87. The Bertz CT molecular complexity index is 812. The van der Waals surface area contributed by atoms with E-state index in [9.17, 15) is 9.90 Å². The molecule has 0 aliphatic rings. The Hall–Kier alpha value is -1.73. The van der Waals surface area contributed by atoms with Crippen LogP contribution in [0.15, 0.2) is 48.5 Å². The first-order valence-corrected chi connectivity index (χ1v) is 9.01. The first-order valence-electron chi connectivity index (χ1n) is 7.47. The van der Waals surface area contributed by atoms with Crippen LogP contribution in [-0.4, -0.2) is 26.1 Å². The fraction of sp³-hybridized carbons (Fsp3) is 0.176. The number of carbonyl (C=O) groups is 1. The molecule has 0 spiro atoms. The number of alkyl halides is 3. The van der Waals surface area contributed by atoms with E-state index in [4.69, 9.17) is 47.0 Å². The van der Waals surface area contributed by atoms with E-state index in [1.165, 1.54) is 6.07 Å². The number of anilines is 1. The lowest BCUT2D eigenvalue weighted by Crippen LogP contribution is -2.56. The smallest absolute Gasteiger partial charge is 0.253 e. The molecule has 0 aliphatic carbocycles. The molecule has 4 N–H and O–H groups in total. The highest BCUT2D eigenvalue weighted by Gasteiger charge is 2.35. The lowest BCUT2D eigenvalue weighted by atomic mass is 10.1. The number of phenolic OH excluding ortho intramolecular Hbond substituents is 1. The highest BCUT2D eigenvalue weighted by atomic mass is 35.6. The quantitative estimate of drug-likeness (QED) is 0.253. The summed E-state index contributed by atoms with van der Waals surface area (Å²) in [6.07, 6.45) is -1.11. The molecule has 0 aliphatic heterocycles. The van der Waals surface area contributed by atoms with Crippen LogP contribution in [0.4, 0.5) is 5.69 Å². The fourth-order valence-corrected chi connectivity index (χ4v) is 2.66. The Morgan fingerprint density at radius 2 is 1.69 bits per heavy atom.